The smallest absolute Gasteiger partial charge is 0.416 e. The summed E-state index contributed by atoms with van der Waals surface area (Å²) in [6, 6.07) is 4.49. The molecule has 2 saturated heterocycles. The van der Waals surface area contributed by atoms with E-state index in [4.69, 9.17) is 4.74 Å². The van der Waals surface area contributed by atoms with Gasteiger partial charge in [0.25, 0.3) is 11.1 Å². The van der Waals surface area contributed by atoms with Gasteiger partial charge >= 0.3 is 6.09 Å². The van der Waals surface area contributed by atoms with Crippen LogP contribution in [0.5, 0.6) is 0 Å². The Balaban J connectivity index is 1.40. The molecule has 0 spiro atoms. The summed E-state index contributed by atoms with van der Waals surface area (Å²) < 4.78 is 20.1. The average molecular weight is 475 g/mol. The SMILES string of the molecule is Cc1cnc(C(=O)N2CCN(c3ccc(N4CC(N(C)C(=O)S)OC4=O)cc3F)CC2)cn1. The number of carbonyl (C=O) groups excluding carboxylic acids is 3. The summed E-state index contributed by atoms with van der Waals surface area (Å²) in [6.45, 7) is 3.60. The lowest BCUT2D eigenvalue weighted by Gasteiger charge is -2.36. The maximum atomic E-state index is 15.0. The molecular weight excluding hydrogens is 451 g/mol. The summed E-state index contributed by atoms with van der Waals surface area (Å²) in [7, 11) is 1.47. The molecule has 2 aliphatic heterocycles. The van der Waals surface area contributed by atoms with Crippen molar-refractivity contribution in [3.8, 4) is 0 Å². The second kappa shape index (κ2) is 9.22. The first kappa shape index (κ1) is 22.8. The number of amides is 3. The third-order valence-corrected chi connectivity index (χ3v) is 6.00. The van der Waals surface area contributed by atoms with Crippen molar-refractivity contribution in [2.75, 3.05) is 49.6 Å². The van der Waals surface area contributed by atoms with Crippen LogP contribution < -0.4 is 9.80 Å². The highest BCUT2D eigenvalue weighted by molar-refractivity contribution is 7.96. The lowest BCUT2D eigenvalue weighted by molar-refractivity contribution is 0.0669. The molecule has 0 N–H and O–H groups in total. The maximum Gasteiger partial charge on any atom is 0.416 e. The van der Waals surface area contributed by atoms with Crippen LogP contribution in [0, 0.1) is 12.7 Å². The molecule has 1 atom stereocenters. The molecule has 3 heterocycles. The van der Waals surface area contributed by atoms with Crippen LogP contribution in [-0.2, 0) is 4.74 Å². The molecule has 2 fully saturated rings. The molecule has 33 heavy (non-hydrogen) atoms. The van der Waals surface area contributed by atoms with Gasteiger partial charge in [-0.2, -0.15) is 0 Å². The Hall–Kier alpha value is -3.41. The first-order valence-corrected chi connectivity index (χ1v) is 10.8. The van der Waals surface area contributed by atoms with Gasteiger partial charge in [-0.15, -0.1) is 0 Å². The van der Waals surface area contributed by atoms with Gasteiger partial charge in [-0.25, -0.2) is 14.2 Å². The van der Waals surface area contributed by atoms with E-state index in [-0.39, 0.29) is 18.1 Å². The number of piperazine rings is 1. The largest absolute Gasteiger partial charge is 0.423 e. The van der Waals surface area contributed by atoms with Gasteiger partial charge in [-0.1, -0.05) is 12.6 Å². The number of hydrogen-bond donors (Lipinski definition) is 1. The molecule has 4 rings (SSSR count). The van der Waals surface area contributed by atoms with Crippen molar-refractivity contribution in [3.63, 3.8) is 0 Å². The van der Waals surface area contributed by atoms with Crippen LogP contribution in [0.25, 0.3) is 0 Å². The number of nitrogens with zero attached hydrogens (tertiary/aromatic N) is 6. The predicted molar refractivity (Wildman–Crippen MR) is 121 cm³/mol. The third-order valence-electron chi connectivity index (χ3n) is 5.68. The number of cyclic esters (lactones) is 1. The normalized spacial score (nSPS) is 18.4. The molecule has 1 aromatic heterocycles. The van der Waals surface area contributed by atoms with E-state index in [1.54, 1.807) is 30.2 Å². The quantitative estimate of drug-likeness (QED) is 0.678. The van der Waals surface area contributed by atoms with Gasteiger partial charge in [0.05, 0.1) is 29.8 Å². The number of carbonyl (C=O) groups is 3. The number of halogens is 1. The number of hydrogen-bond acceptors (Lipinski definition) is 7. The highest BCUT2D eigenvalue weighted by Crippen LogP contribution is 2.29. The molecule has 0 aliphatic carbocycles. The van der Waals surface area contributed by atoms with Crippen molar-refractivity contribution in [2.45, 2.75) is 13.2 Å². The van der Waals surface area contributed by atoms with Crippen LogP contribution in [0.15, 0.2) is 30.6 Å². The summed E-state index contributed by atoms with van der Waals surface area (Å²) in [6.07, 6.45) is 1.54. The number of benzene rings is 1. The second-order valence-electron chi connectivity index (χ2n) is 7.80. The van der Waals surface area contributed by atoms with Gasteiger partial charge in [-0.3, -0.25) is 24.4 Å². The van der Waals surface area contributed by atoms with Crippen LogP contribution >= 0.6 is 12.6 Å². The van der Waals surface area contributed by atoms with E-state index in [0.29, 0.717) is 37.6 Å². The fraction of sp³-hybridized carbons (Fsp3) is 0.381. The first-order valence-electron chi connectivity index (χ1n) is 10.3. The zero-order chi connectivity index (χ0) is 23.7. The molecule has 174 valence electrons. The highest BCUT2D eigenvalue weighted by Gasteiger charge is 2.36. The van der Waals surface area contributed by atoms with Crippen LogP contribution in [0.3, 0.4) is 0 Å². The topological polar surface area (TPSA) is 99.2 Å². The lowest BCUT2D eigenvalue weighted by Crippen LogP contribution is -2.49. The Labute approximate surface area is 195 Å². The van der Waals surface area contributed by atoms with E-state index in [9.17, 15) is 18.8 Å². The van der Waals surface area contributed by atoms with E-state index in [0.717, 1.165) is 5.69 Å². The molecule has 10 nitrogen and oxygen atoms in total. The predicted octanol–water partition coefficient (Wildman–Crippen LogP) is 2.15. The number of ether oxygens (including phenoxy) is 1. The summed E-state index contributed by atoms with van der Waals surface area (Å²) >= 11 is 3.73. The zero-order valence-electron chi connectivity index (χ0n) is 18.1. The van der Waals surface area contributed by atoms with E-state index >= 15 is 0 Å². The summed E-state index contributed by atoms with van der Waals surface area (Å²) in [5, 5.41) is -0.539. The molecule has 0 saturated carbocycles. The number of likely N-dealkylation sites (N-methyl/N-ethyl adjacent to an activating group) is 1. The van der Waals surface area contributed by atoms with Crippen molar-refractivity contribution in [2.24, 2.45) is 0 Å². The zero-order valence-corrected chi connectivity index (χ0v) is 19.0. The van der Waals surface area contributed by atoms with E-state index in [2.05, 4.69) is 22.6 Å². The van der Waals surface area contributed by atoms with Crippen LogP contribution in [0.1, 0.15) is 16.2 Å². The highest BCUT2D eigenvalue weighted by atomic mass is 32.1. The molecule has 0 bridgehead atoms. The van der Waals surface area contributed by atoms with Crippen molar-refractivity contribution in [1.29, 1.82) is 0 Å². The molecule has 1 aromatic carbocycles. The number of anilines is 2. The monoisotopic (exact) mass is 474 g/mol. The molecule has 0 radical (unpaired) electrons. The van der Waals surface area contributed by atoms with Gasteiger partial charge < -0.3 is 14.5 Å². The molecule has 2 aliphatic rings. The minimum absolute atomic E-state index is 0.0725. The Morgan fingerprint density at radius 3 is 2.52 bits per heavy atom. The second-order valence-corrected chi connectivity index (χ2v) is 8.18. The van der Waals surface area contributed by atoms with Gasteiger partial charge in [0.1, 0.15) is 11.5 Å². The Morgan fingerprint density at radius 1 is 1.18 bits per heavy atom. The Morgan fingerprint density at radius 2 is 1.91 bits per heavy atom. The average Bonchev–Trinajstić information content (AvgIpc) is 3.20. The van der Waals surface area contributed by atoms with E-state index < -0.39 is 23.4 Å². The lowest BCUT2D eigenvalue weighted by atomic mass is 10.2. The maximum absolute atomic E-state index is 15.0. The molecular formula is C21H23FN6O4S. The van der Waals surface area contributed by atoms with Crippen LogP contribution in [0.4, 0.5) is 25.4 Å². The van der Waals surface area contributed by atoms with Crippen molar-refractivity contribution >= 4 is 41.2 Å². The number of thiol groups is 1. The minimum Gasteiger partial charge on any atom is -0.423 e. The Bertz CT molecular complexity index is 1080. The van der Waals surface area contributed by atoms with E-state index in [1.807, 2.05) is 4.90 Å². The minimum atomic E-state index is -0.797. The van der Waals surface area contributed by atoms with Crippen molar-refractivity contribution in [3.05, 3.63) is 47.8 Å². The van der Waals surface area contributed by atoms with Gasteiger partial charge in [-0.05, 0) is 25.1 Å². The number of aromatic nitrogens is 2. The van der Waals surface area contributed by atoms with Crippen molar-refractivity contribution < 1.29 is 23.5 Å². The fourth-order valence-electron chi connectivity index (χ4n) is 3.72. The number of rotatable bonds is 4. The van der Waals surface area contributed by atoms with Crippen LogP contribution in [0.2, 0.25) is 0 Å². The first-order chi connectivity index (χ1) is 15.7. The summed E-state index contributed by atoms with van der Waals surface area (Å²) in [5.74, 6) is -0.698. The summed E-state index contributed by atoms with van der Waals surface area (Å²) in [5.41, 5.74) is 1.73. The number of aryl methyl sites for hydroxylation is 1. The molecule has 3 amide bonds. The van der Waals surface area contributed by atoms with Gasteiger partial charge in [0, 0.05) is 39.4 Å². The standard InChI is InChI=1S/C21H23FN6O4S/c1-13-10-24-16(11-23-13)19(29)27-7-5-26(6-8-27)17-4-3-14(9-15(17)22)28-12-18(32-20(28)30)25(2)21(31)33/h3-4,9-11,18H,5-8,12H2,1-2H3,(H,31,33). The van der Waals surface area contributed by atoms with Gasteiger partial charge in [0.15, 0.2) is 6.23 Å². The molecule has 2 aromatic rings. The molecule has 12 heteroatoms. The summed E-state index contributed by atoms with van der Waals surface area (Å²) in [4.78, 5) is 50.4. The van der Waals surface area contributed by atoms with Crippen LogP contribution in [-0.4, -0.2) is 83.0 Å². The van der Waals surface area contributed by atoms with Gasteiger partial charge in [0.2, 0.25) is 0 Å². The third kappa shape index (κ3) is 4.70. The Kier molecular flexibility index (Phi) is 6.36. The van der Waals surface area contributed by atoms with E-state index in [1.165, 1.54) is 29.1 Å². The fourth-order valence-corrected chi connectivity index (χ4v) is 3.85. The molecule has 1 unspecified atom stereocenters. The van der Waals surface area contributed by atoms with Crippen molar-refractivity contribution in [1.82, 2.24) is 19.8 Å².